The van der Waals surface area contributed by atoms with Gasteiger partial charge in [-0.05, 0) is 37.1 Å². The number of hydrogen-bond donors (Lipinski definition) is 1. The molecule has 0 saturated heterocycles. The smallest absolute Gasteiger partial charge is 0.350 e. The molecule has 1 aromatic heterocycles. The number of amides is 1. The zero-order valence-electron chi connectivity index (χ0n) is 15.9. The van der Waals surface area contributed by atoms with Gasteiger partial charge in [-0.25, -0.2) is 9.48 Å². The van der Waals surface area contributed by atoms with Gasteiger partial charge in [0.1, 0.15) is 0 Å². The number of nitrogens with zero attached hydrogens (tertiary/aromatic N) is 3. The third-order valence-electron chi connectivity index (χ3n) is 4.90. The lowest BCUT2D eigenvalue weighted by Gasteiger charge is -2.08. The van der Waals surface area contributed by atoms with Crippen LogP contribution < -0.4 is 11.0 Å². The number of alkyl halides is 3. The fourth-order valence-electron chi connectivity index (χ4n) is 3.20. The van der Waals surface area contributed by atoms with Gasteiger partial charge in [0.05, 0.1) is 12.1 Å². The Labute approximate surface area is 170 Å². The first-order valence-corrected chi connectivity index (χ1v) is 9.55. The van der Waals surface area contributed by atoms with E-state index in [-0.39, 0.29) is 30.4 Å². The van der Waals surface area contributed by atoms with Crippen LogP contribution in [0.2, 0.25) is 0 Å². The number of halogens is 3. The number of carbonyl (C=O) groups is 1. The molecule has 0 unspecified atom stereocenters. The van der Waals surface area contributed by atoms with E-state index in [9.17, 15) is 22.8 Å². The van der Waals surface area contributed by atoms with Crippen LogP contribution in [0, 0.1) is 0 Å². The second-order valence-corrected chi connectivity index (χ2v) is 7.13. The molecule has 1 heterocycles. The van der Waals surface area contributed by atoms with E-state index < -0.39 is 17.6 Å². The predicted octanol–water partition coefficient (Wildman–Crippen LogP) is 3.50. The Bertz CT molecular complexity index is 1100. The van der Waals surface area contributed by atoms with Gasteiger partial charge in [0, 0.05) is 23.7 Å². The summed E-state index contributed by atoms with van der Waals surface area (Å²) in [5.41, 5.74) is -0.0948. The maximum Gasteiger partial charge on any atom is 0.416 e. The Hall–Kier alpha value is -3.36. The van der Waals surface area contributed by atoms with Crippen LogP contribution in [0.5, 0.6) is 0 Å². The summed E-state index contributed by atoms with van der Waals surface area (Å²) in [4.78, 5) is 25.0. The standard InChI is InChI=1S/C21H19F3N4O2/c22-21(23,24)16-8-6-15(7-9-16)19(29)25-12-13-27-20(30)28(17-10-11-17)18(26-27)14-4-2-1-3-5-14/h1-9,17H,10-13H2,(H,25,29). The molecule has 1 amide bonds. The number of benzene rings is 2. The Morgan fingerprint density at radius 2 is 1.73 bits per heavy atom. The van der Waals surface area contributed by atoms with Crippen molar-refractivity contribution in [2.75, 3.05) is 6.54 Å². The molecule has 4 rings (SSSR count). The molecule has 1 aliphatic carbocycles. The van der Waals surface area contributed by atoms with E-state index in [0.29, 0.717) is 5.82 Å². The molecule has 1 saturated carbocycles. The van der Waals surface area contributed by atoms with Crippen molar-refractivity contribution in [3.8, 4) is 11.4 Å². The highest BCUT2D eigenvalue weighted by atomic mass is 19.4. The Morgan fingerprint density at radius 3 is 2.33 bits per heavy atom. The molecule has 156 valence electrons. The Morgan fingerprint density at radius 1 is 1.07 bits per heavy atom. The molecule has 1 aliphatic rings. The molecule has 3 aromatic rings. The number of nitrogens with one attached hydrogen (secondary N) is 1. The first-order valence-electron chi connectivity index (χ1n) is 9.55. The van der Waals surface area contributed by atoms with Crippen molar-refractivity contribution in [3.63, 3.8) is 0 Å². The summed E-state index contributed by atoms with van der Waals surface area (Å²) in [5.74, 6) is 0.0823. The summed E-state index contributed by atoms with van der Waals surface area (Å²) < 4.78 is 40.9. The van der Waals surface area contributed by atoms with Crippen molar-refractivity contribution >= 4 is 5.91 Å². The van der Waals surface area contributed by atoms with E-state index in [4.69, 9.17) is 0 Å². The van der Waals surface area contributed by atoms with Crippen LogP contribution >= 0.6 is 0 Å². The van der Waals surface area contributed by atoms with E-state index in [1.165, 1.54) is 4.68 Å². The monoisotopic (exact) mass is 416 g/mol. The average molecular weight is 416 g/mol. The van der Waals surface area contributed by atoms with Crippen molar-refractivity contribution in [1.29, 1.82) is 0 Å². The number of hydrogen-bond acceptors (Lipinski definition) is 3. The second-order valence-electron chi connectivity index (χ2n) is 7.13. The third-order valence-corrected chi connectivity index (χ3v) is 4.90. The topological polar surface area (TPSA) is 68.9 Å². The van der Waals surface area contributed by atoms with Gasteiger partial charge in [-0.2, -0.15) is 13.2 Å². The van der Waals surface area contributed by atoms with Crippen molar-refractivity contribution in [2.24, 2.45) is 0 Å². The summed E-state index contributed by atoms with van der Waals surface area (Å²) in [5, 5.41) is 7.06. The van der Waals surface area contributed by atoms with Crippen LogP contribution in [0.4, 0.5) is 13.2 Å². The van der Waals surface area contributed by atoms with E-state index in [0.717, 1.165) is 42.7 Å². The summed E-state index contributed by atoms with van der Waals surface area (Å²) in [6.07, 6.45) is -2.60. The largest absolute Gasteiger partial charge is 0.416 e. The van der Waals surface area contributed by atoms with Crippen molar-refractivity contribution < 1.29 is 18.0 Å². The molecule has 30 heavy (non-hydrogen) atoms. The normalized spacial score (nSPS) is 14.0. The molecule has 0 radical (unpaired) electrons. The first-order chi connectivity index (χ1) is 14.3. The molecular formula is C21H19F3N4O2. The van der Waals surface area contributed by atoms with Gasteiger partial charge in [-0.3, -0.25) is 9.36 Å². The summed E-state index contributed by atoms with van der Waals surface area (Å²) >= 11 is 0. The highest BCUT2D eigenvalue weighted by molar-refractivity contribution is 5.94. The quantitative estimate of drug-likeness (QED) is 0.669. The molecule has 0 aliphatic heterocycles. The highest BCUT2D eigenvalue weighted by Crippen LogP contribution is 2.36. The average Bonchev–Trinajstić information content (AvgIpc) is 3.52. The Balaban J connectivity index is 1.44. The Kier molecular flexibility index (Phi) is 5.19. The summed E-state index contributed by atoms with van der Waals surface area (Å²) in [6, 6.07) is 13.5. The fraction of sp³-hybridized carbons (Fsp3) is 0.286. The fourth-order valence-corrected chi connectivity index (χ4v) is 3.20. The third kappa shape index (κ3) is 4.14. The van der Waals surface area contributed by atoms with Gasteiger partial charge in [-0.1, -0.05) is 30.3 Å². The molecule has 0 atom stereocenters. The van der Waals surface area contributed by atoms with Crippen LogP contribution in [0.25, 0.3) is 11.4 Å². The molecule has 1 N–H and O–H groups in total. The SMILES string of the molecule is O=C(NCCn1nc(-c2ccccc2)n(C2CC2)c1=O)c1ccc(C(F)(F)F)cc1. The maximum absolute atomic E-state index is 12.8. The molecule has 1 fully saturated rings. The van der Waals surface area contributed by atoms with Crippen LogP contribution in [-0.4, -0.2) is 26.8 Å². The van der Waals surface area contributed by atoms with Crippen molar-refractivity contribution in [1.82, 2.24) is 19.7 Å². The minimum atomic E-state index is -4.45. The number of aromatic nitrogens is 3. The first kappa shape index (κ1) is 19.9. The molecule has 6 nitrogen and oxygen atoms in total. The minimum absolute atomic E-state index is 0.115. The van der Waals surface area contributed by atoms with Gasteiger partial charge >= 0.3 is 11.9 Å². The van der Waals surface area contributed by atoms with Gasteiger partial charge in [-0.15, -0.1) is 5.10 Å². The van der Waals surface area contributed by atoms with E-state index in [2.05, 4.69) is 10.4 Å². The maximum atomic E-state index is 12.8. The highest BCUT2D eigenvalue weighted by Gasteiger charge is 2.31. The van der Waals surface area contributed by atoms with E-state index >= 15 is 0 Å². The van der Waals surface area contributed by atoms with Crippen LogP contribution in [0.15, 0.2) is 59.4 Å². The lowest BCUT2D eigenvalue weighted by atomic mass is 10.1. The number of rotatable bonds is 6. The lowest BCUT2D eigenvalue weighted by Crippen LogP contribution is -2.32. The van der Waals surface area contributed by atoms with Crippen LogP contribution in [0.3, 0.4) is 0 Å². The van der Waals surface area contributed by atoms with Gasteiger partial charge < -0.3 is 5.32 Å². The second kappa shape index (κ2) is 7.81. The van der Waals surface area contributed by atoms with Crippen molar-refractivity contribution in [3.05, 3.63) is 76.2 Å². The van der Waals surface area contributed by atoms with Crippen molar-refractivity contribution in [2.45, 2.75) is 31.6 Å². The summed E-state index contributed by atoms with van der Waals surface area (Å²) in [6.45, 7) is 0.278. The van der Waals surface area contributed by atoms with E-state index in [1.54, 1.807) is 4.57 Å². The lowest BCUT2D eigenvalue weighted by molar-refractivity contribution is -0.137. The van der Waals surface area contributed by atoms with Gasteiger partial charge in [0.15, 0.2) is 5.82 Å². The molecular weight excluding hydrogens is 397 g/mol. The zero-order valence-corrected chi connectivity index (χ0v) is 15.9. The molecule has 9 heteroatoms. The van der Waals surface area contributed by atoms with Crippen LogP contribution in [-0.2, 0) is 12.7 Å². The van der Waals surface area contributed by atoms with Gasteiger partial charge in [0.2, 0.25) is 0 Å². The zero-order chi connectivity index (χ0) is 21.3. The molecule has 2 aromatic carbocycles. The number of carbonyl (C=O) groups excluding carboxylic acids is 1. The van der Waals surface area contributed by atoms with Gasteiger partial charge in [0.25, 0.3) is 5.91 Å². The van der Waals surface area contributed by atoms with Crippen LogP contribution in [0.1, 0.15) is 34.8 Å². The molecule has 0 spiro atoms. The minimum Gasteiger partial charge on any atom is -0.350 e. The molecule has 0 bridgehead atoms. The predicted molar refractivity (Wildman–Crippen MR) is 104 cm³/mol. The van der Waals surface area contributed by atoms with E-state index in [1.807, 2.05) is 30.3 Å². The summed E-state index contributed by atoms with van der Waals surface area (Å²) in [7, 11) is 0.